The average Bonchev–Trinajstić information content (AvgIpc) is 2.59. The minimum atomic E-state index is -0.372. The van der Waals surface area contributed by atoms with E-state index < -0.39 is 0 Å². The molecule has 0 aliphatic carbocycles. The molecule has 0 spiro atoms. The molecule has 0 amide bonds. The quantitative estimate of drug-likeness (QED) is 0.673. The second kappa shape index (κ2) is 6.90. The molecule has 5 heteroatoms. The summed E-state index contributed by atoms with van der Waals surface area (Å²) in [6.45, 7) is 3.99. The zero-order valence-corrected chi connectivity index (χ0v) is 10.0. The lowest BCUT2D eigenvalue weighted by Crippen LogP contribution is -2.30. The standard InChI is InChI=1S/C10H18N2O2S/c1-8-12-9(7-15-8)5-10(13)6-11-3-4-14-2/h7,10-11,13H,3-6H2,1-2H3. The number of rotatable bonds is 7. The number of nitrogens with zero attached hydrogens (tertiary/aromatic N) is 1. The lowest BCUT2D eigenvalue weighted by atomic mass is 10.2. The number of nitrogens with one attached hydrogen (secondary N) is 1. The van der Waals surface area contributed by atoms with Crippen LogP contribution in [0.25, 0.3) is 0 Å². The largest absolute Gasteiger partial charge is 0.391 e. The molecule has 1 aromatic heterocycles. The van der Waals surface area contributed by atoms with Crippen LogP contribution < -0.4 is 5.32 Å². The van der Waals surface area contributed by atoms with Gasteiger partial charge in [0.2, 0.25) is 0 Å². The van der Waals surface area contributed by atoms with E-state index in [1.165, 1.54) is 0 Å². The third-order valence-electron chi connectivity index (χ3n) is 1.97. The predicted octanol–water partition coefficient (Wildman–Crippen LogP) is 0.591. The molecule has 0 saturated carbocycles. The van der Waals surface area contributed by atoms with Gasteiger partial charge in [-0.1, -0.05) is 0 Å². The van der Waals surface area contributed by atoms with E-state index in [9.17, 15) is 5.11 Å². The van der Waals surface area contributed by atoms with Crippen molar-refractivity contribution in [3.63, 3.8) is 0 Å². The van der Waals surface area contributed by atoms with E-state index in [1.807, 2.05) is 12.3 Å². The molecule has 1 rings (SSSR count). The van der Waals surface area contributed by atoms with E-state index >= 15 is 0 Å². The first kappa shape index (κ1) is 12.6. The molecule has 15 heavy (non-hydrogen) atoms. The van der Waals surface area contributed by atoms with E-state index in [-0.39, 0.29) is 6.10 Å². The molecular formula is C10H18N2O2S. The summed E-state index contributed by atoms with van der Waals surface area (Å²) in [6, 6.07) is 0. The summed E-state index contributed by atoms with van der Waals surface area (Å²) in [5, 5.41) is 15.8. The molecule has 0 radical (unpaired) electrons. The Balaban J connectivity index is 2.15. The van der Waals surface area contributed by atoms with Crippen molar-refractivity contribution in [2.75, 3.05) is 26.8 Å². The normalized spacial score (nSPS) is 13.0. The highest BCUT2D eigenvalue weighted by Gasteiger charge is 2.07. The molecule has 0 aromatic carbocycles. The van der Waals surface area contributed by atoms with Gasteiger partial charge in [0.05, 0.1) is 23.4 Å². The van der Waals surface area contributed by atoms with Crippen LogP contribution in [0.3, 0.4) is 0 Å². The van der Waals surface area contributed by atoms with Gasteiger partial charge in [-0.05, 0) is 6.92 Å². The number of aliphatic hydroxyl groups is 1. The van der Waals surface area contributed by atoms with Crippen LogP contribution in [0, 0.1) is 6.92 Å². The van der Waals surface area contributed by atoms with Gasteiger partial charge in [-0.3, -0.25) is 0 Å². The van der Waals surface area contributed by atoms with Crippen LogP contribution in [-0.2, 0) is 11.2 Å². The highest BCUT2D eigenvalue weighted by atomic mass is 32.1. The summed E-state index contributed by atoms with van der Waals surface area (Å²) in [5.41, 5.74) is 0.971. The Hall–Kier alpha value is -0.490. The predicted molar refractivity (Wildman–Crippen MR) is 61.3 cm³/mol. The first-order chi connectivity index (χ1) is 7.22. The van der Waals surface area contributed by atoms with Gasteiger partial charge in [0, 0.05) is 32.0 Å². The van der Waals surface area contributed by atoms with Gasteiger partial charge in [-0.2, -0.15) is 0 Å². The third kappa shape index (κ3) is 5.22. The number of methoxy groups -OCH3 is 1. The molecule has 1 unspecified atom stereocenters. The van der Waals surface area contributed by atoms with E-state index in [1.54, 1.807) is 18.4 Å². The van der Waals surface area contributed by atoms with Crippen LogP contribution >= 0.6 is 11.3 Å². The number of thiazole rings is 1. The Bertz CT molecular complexity index is 278. The smallest absolute Gasteiger partial charge is 0.0897 e. The fourth-order valence-corrected chi connectivity index (χ4v) is 1.88. The lowest BCUT2D eigenvalue weighted by molar-refractivity contribution is 0.159. The molecule has 1 atom stereocenters. The third-order valence-corrected chi connectivity index (χ3v) is 2.80. The van der Waals surface area contributed by atoms with Gasteiger partial charge in [0.15, 0.2) is 0 Å². The zero-order chi connectivity index (χ0) is 11.1. The van der Waals surface area contributed by atoms with Crippen LogP contribution in [0.5, 0.6) is 0 Å². The van der Waals surface area contributed by atoms with Crippen LogP contribution in [0.4, 0.5) is 0 Å². The SMILES string of the molecule is COCCNCC(O)Cc1csc(C)n1. The van der Waals surface area contributed by atoms with Crippen molar-refractivity contribution in [2.24, 2.45) is 0 Å². The van der Waals surface area contributed by atoms with Gasteiger partial charge >= 0.3 is 0 Å². The van der Waals surface area contributed by atoms with Crippen LogP contribution in [0.2, 0.25) is 0 Å². The number of aromatic nitrogens is 1. The highest BCUT2D eigenvalue weighted by Crippen LogP contribution is 2.09. The Kier molecular flexibility index (Phi) is 5.78. The van der Waals surface area contributed by atoms with Gasteiger partial charge in [0.1, 0.15) is 0 Å². The van der Waals surface area contributed by atoms with Crippen molar-refractivity contribution < 1.29 is 9.84 Å². The Morgan fingerprint density at radius 1 is 1.67 bits per heavy atom. The molecule has 0 bridgehead atoms. The number of hydrogen-bond acceptors (Lipinski definition) is 5. The Morgan fingerprint density at radius 2 is 2.47 bits per heavy atom. The second-order valence-electron chi connectivity index (χ2n) is 3.41. The summed E-state index contributed by atoms with van der Waals surface area (Å²) in [7, 11) is 1.66. The number of ether oxygens (including phenoxy) is 1. The maximum atomic E-state index is 9.67. The molecule has 1 heterocycles. The number of hydrogen-bond donors (Lipinski definition) is 2. The maximum absolute atomic E-state index is 9.67. The summed E-state index contributed by atoms with van der Waals surface area (Å²) in [4.78, 5) is 4.30. The molecule has 0 fully saturated rings. The van der Waals surface area contributed by atoms with Crippen LogP contribution in [0.1, 0.15) is 10.7 Å². The molecule has 2 N–H and O–H groups in total. The minimum absolute atomic E-state index is 0.372. The monoisotopic (exact) mass is 230 g/mol. The van der Waals surface area contributed by atoms with Gasteiger partial charge in [0.25, 0.3) is 0 Å². The fourth-order valence-electron chi connectivity index (χ4n) is 1.26. The molecule has 1 aromatic rings. The molecule has 0 saturated heterocycles. The van der Waals surface area contributed by atoms with E-state index in [4.69, 9.17) is 4.74 Å². The van der Waals surface area contributed by atoms with Crippen molar-refractivity contribution >= 4 is 11.3 Å². The van der Waals surface area contributed by atoms with E-state index in [0.717, 1.165) is 17.2 Å². The molecule has 0 aliphatic rings. The van der Waals surface area contributed by atoms with Gasteiger partial charge < -0.3 is 15.2 Å². The van der Waals surface area contributed by atoms with E-state index in [2.05, 4.69) is 10.3 Å². The van der Waals surface area contributed by atoms with Gasteiger partial charge in [-0.25, -0.2) is 4.98 Å². The van der Waals surface area contributed by atoms with Crippen molar-refractivity contribution in [1.29, 1.82) is 0 Å². The fraction of sp³-hybridized carbons (Fsp3) is 0.700. The summed E-state index contributed by atoms with van der Waals surface area (Å²) < 4.78 is 4.89. The highest BCUT2D eigenvalue weighted by molar-refractivity contribution is 7.09. The van der Waals surface area contributed by atoms with Crippen molar-refractivity contribution in [3.8, 4) is 0 Å². The topological polar surface area (TPSA) is 54.4 Å². The minimum Gasteiger partial charge on any atom is -0.391 e. The lowest BCUT2D eigenvalue weighted by Gasteiger charge is -2.09. The number of aryl methyl sites for hydroxylation is 1. The second-order valence-corrected chi connectivity index (χ2v) is 4.47. The summed E-state index contributed by atoms with van der Waals surface area (Å²) >= 11 is 1.62. The first-order valence-corrected chi connectivity index (χ1v) is 5.89. The summed E-state index contributed by atoms with van der Waals surface area (Å²) in [6.07, 6.45) is 0.244. The first-order valence-electron chi connectivity index (χ1n) is 5.01. The maximum Gasteiger partial charge on any atom is 0.0897 e. The molecule has 0 aliphatic heterocycles. The van der Waals surface area contributed by atoms with Crippen molar-refractivity contribution in [3.05, 3.63) is 16.1 Å². The van der Waals surface area contributed by atoms with Crippen LogP contribution in [0.15, 0.2) is 5.38 Å². The number of aliphatic hydroxyl groups excluding tert-OH is 1. The molecule has 4 nitrogen and oxygen atoms in total. The average molecular weight is 230 g/mol. The zero-order valence-electron chi connectivity index (χ0n) is 9.19. The molecular weight excluding hydrogens is 212 g/mol. The van der Waals surface area contributed by atoms with E-state index in [0.29, 0.717) is 19.6 Å². The van der Waals surface area contributed by atoms with Gasteiger partial charge in [-0.15, -0.1) is 11.3 Å². The van der Waals surface area contributed by atoms with Crippen molar-refractivity contribution in [2.45, 2.75) is 19.4 Å². The molecule has 86 valence electrons. The van der Waals surface area contributed by atoms with Crippen molar-refractivity contribution in [1.82, 2.24) is 10.3 Å². The summed E-state index contributed by atoms with van der Waals surface area (Å²) in [5.74, 6) is 0. The Morgan fingerprint density at radius 3 is 3.07 bits per heavy atom. The Labute approximate surface area is 94.3 Å². The van der Waals surface area contributed by atoms with Crippen LogP contribution in [-0.4, -0.2) is 43.0 Å².